The van der Waals surface area contributed by atoms with Crippen LogP contribution in [0.2, 0.25) is 0 Å². The van der Waals surface area contributed by atoms with Crippen LogP contribution < -0.4 is 8.92 Å². The maximum absolute atomic E-state index is 12.7. The van der Waals surface area contributed by atoms with Crippen LogP contribution in [-0.4, -0.2) is 27.2 Å². The highest BCUT2D eigenvalue weighted by Gasteiger charge is 2.27. The Labute approximate surface area is 198 Å². The summed E-state index contributed by atoms with van der Waals surface area (Å²) < 4.78 is 36.6. The van der Waals surface area contributed by atoms with Crippen LogP contribution in [-0.2, 0) is 19.8 Å². The lowest BCUT2D eigenvalue weighted by Crippen LogP contribution is -2.11. The van der Waals surface area contributed by atoms with Crippen molar-refractivity contribution in [1.29, 1.82) is 0 Å². The van der Waals surface area contributed by atoms with Gasteiger partial charge in [0.15, 0.2) is 11.5 Å². The number of oxime groups is 1. The van der Waals surface area contributed by atoms with Crippen LogP contribution in [0.25, 0.3) is 6.08 Å². The number of methoxy groups -OCH3 is 1. The van der Waals surface area contributed by atoms with Crippen molar-refractivity contribution >= 4 is 50.5 Å². The van der Waals surface area contributed by atoms with E-state index < -0.39 is 16.1 Å². The number of rotatable bonds is 6. The van der Waals surface area contributed by atoms with Crippen LogP contribution in [0.3, 0.4) is 0 Å². The zero-order chi connectivity index (χ0) is 22.7. The monoisotopic (exact) mass is 561 g/mol. The van der Waals surface area contributed by atoms with Crippen LogP contribution in [0.5, 0.6) is 11.5 Å². The van der Waals surface area contributed by atoms with E-state index in [9.17, 15) is 13.2 Å². The van der Waals surface area contributed by atoms with E-state index in [0.717, 1.165) is 5.56 Å². The number of nitrogens with zero attached hydrogens (tertiary/aromatic N) is 1. The molecule has 1 heterocycles. The van der Waals surface area contributed by atoms with E-state index in [1.165, 1.54) is 19.2 Å². The minimum Gasteiger partial charge on any atom is -0.493 e. The molecule has 9 heteroatoms. The van der Waals surface area contributed by atoms with Gasteiger partial charge in [0.05, 0.1) is 16.3 Å². The van der Waals surface area contributed by atoms with Crippen LogP contribution in [0.15, 0.2) is 88.4 Å². The smallest absolute Gasteiger partial charge is 0.368 e. The molecule has 0 unspecified atom stereocenters. The summed E-state index contributed by atoms with van der Waals surface area (Å²) in [5.74, 6) is -0.317. The molecule has 0 N–H and O–H groups in total. The number of ether oxygens (including phenoxy) is 1. The van der Waals surface area contributed by atoms with Crippen molar-refractivity contribution in [3.63, 3.8) is 0 Å². The molecule has 162 valence electrons. The van der Waals surface area contributed by atoms with Gasteiger partial charge in [-0.25, -0.2) is 4.79 Å². The minimum atomic E-state index is -4.05. The molecule has 1 aliphatic heterocycles. The summed E-state index contributed by atoms with van der Waals surface area (Å²) in [5, 5.41) is 3.89. The predicted octanol–water partition coefficient (Wildman–Crippen LogP) is 4.41. The van der Waals surface area contributed by atoms with E-state index in [2.05, 4.69) is 5.16 Å². The molecule has 4 rings (SSSR count). The van der Waals surface area contributed by atoms with Gasteiger partial charge in [0.25, 0.3) is 0 Å². The zero-order valence-electron chi connectivity index (χ0n) is 16.7. The number of hydrogen-bond acceptors (Lipinski definition) is 7. The maximum atomic E-state index is 12.7. The van der Waals surface area contributed by atoms with Gasteiger partial charge in [0, 0.05) is 5.56 Å². The lowest BCUT2D eigenvalue weighted by atomic mass is 10.0. The molecular formula is C23H16INO6S. The Hall–Kier alpha value is -3.18. The van der Waals surface area contributed by atoms with Crippen molar-refractivity contribution in [2.45, 2.75) is 4.90 Å². The van der Waals surface area contributed by atoms with Gasteiger partial charge in [-0.05, 0) is 58.5 Å². The average molecular weight is 561 g/mol. The Bertz CT molecular complexity index is 1340. The standard InChI is InChI=1S/C23H16INO6S/c1-29-20-14-15(12-18-21(25-30-23(18)26)16-8-4-2-5-9-16)13-19(24)22(20)31-32(27,28)17-10-6-3-7-11-17/h2-14H,1H3/b18-12-. The zero-order valence-corrected chi connectivity index (χ0v) is 19.7. The molecule has 0 amide bonds. The van der Waals surface area contributed by atoms with Crippen molar-refractivity contribution in [2.24, 2.45) is 5.16 Å². The SMILES string of the molecule is COc1cc(/C=C2\C(=O)ON=C2c2ccccc2)cc(I)c1OS(=O)(=O)c1ccccc1. The van der Waals surface area contributed by atoms with Crippen LogP contribution in [0, 0.1) is 3.57 Å². The Kier molecular flexibility index (Phi) is 6.28. The summed E-state index contributed by atoms with van der Waals surface area (Å²) in [6.07, 6.45) is 1.61. The fourth-order valence-electron chi connectivity index (χ4n) is 3.03. The maximum Gasteiger partial charge on any atom is 0.368 e. The van der Waals surface area contributed by atoms with E-state index in [1.807, 2.05) is 52.9 Å². The number of hydrogen-bond donors (Lipinski definition) is 0. The fourth-order valence-corrected chi connectivity index (χ4v) is 4.89. The summed E-state index contributed by atoms with van der Waals surface area (Å²) in [4.78, 5) is 17.2. The Morgan fingerprint density at radius 1 is 1.00 bits per heavy atom. The normalized spacial score (nSPS) is 14.8. The number of carbonyl (C=O) groups is 1. The average Bonchev–Trinajstić information content (AvgIpc) is 3.16. The molecule has 0 fully saturated rings. The second-order valence-corrected chi connectivity index (χ2v) is 9.34. The molecule has 0 bridgehead atoms. The van der Waals surface area contributed by atoms with Crippen LogP contribution >= 0.6 is 22.6 Å². The molecule has 0 spiro atoms. The first-order valence-electron chi connectivity index (χ1n) is 9.33. The summed E-state index contributed by atoms with van der Waals surface area (Å²) in [6.45, 7) is 0. The molecule has 0 saturated carbocycles. The Balaban J connectivity index is 1.71. The van der Waals surface area contributed by atoms with E-state index in [1.54, 1.807) is 36.4 Å². The van der Waals surface area contributed by atoms with Crippen molar-refractivity contribution < 1.29 is 27.0 Å². The molecule has 0 atom stereocenters. The van der Waals surface area contributed by atoms with Gasteiger partial charge in [-0.3, -0.25) is 0 Å². The molecule has 0 aliphatic carbocycles. The van der Waals surface area contributed by atoms with Crippen LogP contribution in [0.1, 0.15) is 11.1 Å². The molecular weight excluding hydrogens is 545 g/mol. The van der Waals surface area contributed by atoms with Crippen LogP contribution in [0.4, 0.5) is 0 Å². The molecule has 32 heavy (non-hydrogen) atoms. The molecule has 0 radical (unpaired) electrons. The topological polar surface area (TPSA) is 91.3 Å². The third-order valence-corrected chi connectivity index (χ3v) is 6.57. The summed E-state index contributed by atoms with van der Waals surface area (Å²) in [5.41, 5.74) is 2.02. The van der Waals surface area contributed by atoms with Crippen molar-refractivity contribution in [2.75, 3.05) is 7.11 Å². The van der Waals surface area contributed by atoms with E-state index in [-0.39, 0.29) is 22.0 Å². The lowest BCUT2D eigenvalue weighted by molar-refractivity contribution is -0.136. The third kappa shape index (κ3) is 4.53. The first kappa shape index (κ1) is 22.0. The first-order valence-corrected chi connectivity index (χ1v) is 11.8. The summed E-state index contributed by atoms with van der Waals surface area (Å²) in [6, 6.07) is 20.3. The molecule has 3 aromatic rings. The van der Waals surface area contributed by atoms with E-state index in [4.69, 9.17) is 13.8 Å². The highest BCUT2D eigenvalue weighted by atomic mass is 127. The van der Waals surface area contributed by atoms with Crippen molar-refractivity contribution in [3.05, 3.63) is 93.1 Å². The lowest BCUT2D eigenvalue weighted by Gasteiger charge is -2.13. The second-order valence-electron chi connectivity index (χ2n) is 6.63. The second kappa shape index (κ2) is 9.13. The Morgan fingerprint density at radius 2 is 1.66 bits per heavy atom. The van der Waals surface area contributed by atoms with Gasteiger partial charge in [0.2, 0.25) is 0 Å². The van der Waals surface area contributed by atoms with Gasteiger partial charge in [0.1, 0.15) is 10.6 Å². The van der Waals surface area contributed by atoms with Crippen molar-refractivity contribution in [3.8, 4) is 11.5 Å². The van der Waals surface area contributed by atoms with Crippen molar-refractivity contribution in [1.82, 2.24) is 0 Å². The van der Waals surface area contributed by atoms with Gasteiger partial charge < -0.3 is 13.8 Å². The fraction of sp³-hybridized carbons (Fsp3) is 0.0435. The number of halogens is 1. The van der Waals surface area contributed by atoms with Gasteiger partial charge >= 0.3 is 16.1 Å². The first-order chi connectivity index (χ1) is 15.4. The quantitative estimate of drug-likeness (QED) is 0.192. The van der Waals surface area contributed by atoms with Gasteiger partial charge in [-0.2, -0.15) is 8.42 Å². The molecule has 7 nitrogen and oxygen atoms in total. The highest BCUT2D eigenvalue weighted by molar-refractivity contribution is 14.1. The predicted molar refractivity (Wildman–Crippen MR) is 127 cm³/mol. The molecule has 3 aromatic carbocycles. The molecule has 1 aliphatic rings. The van der Waals surface area contributed by atoms with Gasteiger partial charge in [-0.1, -0.05) is 53.7 Å². The third-order valence-electron chi connectivity index (χ3n) is 4.53. The highest BCUT2D eigenvalue weighted by Crippen LogP contribution is 2.37. The Morgan fingerprint density at radius 3 is 2.31 bits per heavy atom. The molecule has 0 aromatic heterocycles. The summed E-state index contributed by atoms with van der Waals surface area (Å²) in [7, 11) is -2.64. The van der Waals surface area contributed by atoms with E-state index >= 15 is 0 Å². The number of carbonyl (C=O) groups excluding carboxylic acids is 1. The largest absolute Gasteiger partial charge is 0.493 e. The van der Waals surface area contributed by atoms with Gasteiger partial charge in [-0.15, -0.1) is 0 Å². The molecule has 0 saturated heterocycles. The minimum absolute atomic E-state index is 0.0291. The van der Waals surface area contributed by atoms with E-state index in [0.29, 0.717) is 14.8 Å². The summed E-state index contributed by atoms with van der Waals surface area (Å²) >= 11 is 1.96. The number of benzene rings is 3.